The number of imidazole rings is 1. The van der Waals surface area contributed by atoms with Crippen LogP contribution in [-0.2, 0) is 11.2 Å². The second kappa shape index (κ2) is 5.63. The van der Waals surface area contributed by atoms with Gasteiger partial charge in [0.05, 0.1) is 18.2 Å². The molecule has 0 amide bonds. The summed E-state index contributed by atoms with van der Waals surface area (Å²) in [5.74, 6) is -0.0163. The minimum Gasteiger partial charge on any atom is -0.481 e. The number of carbonyl (C=O) groups is 1. The smallest absolute Gasteiger partial charge is 0.309 e. The lowest BCUT2D eigenvalue weighted by Crippen LogP contribution is -2.11. The van der Waals surface area contributed by atoms with Crippen LogP contribution >= 0.6 is 11.3 Å². The van der Waals surface area contributed by atoms with Gasteiger partial charge >= 0.3 is 5.97 Å². The zero-order valence-electron chi connectivity index (χ0n) is 9.88. The van der Waals surface area contributed by atoms with Gasteiger partial charge in [0.1, 0.15) is 5.82 Å². The van der Waals surface area contributed by atoms with E-state index in [0.29, 0.717) is 5.69 Å². The topological polar surface area (TPSA) is 90.9 Å². The van der Waals surface area contributed by atoms with E-state index in [1.807, 2.05) is 6.92 Å². The second-order valence-electron chi connectivity index (χ2n) is 3.79. The van der Waals surface area contributed by atoms with E-state index < -0.39 is 5.97 Å². The molecule has 0 fully saturated rings. The zero-order valence-corrected chi connectivity index (χ0v) is 10.7. The monoisotopic (exact) mass is 266 g/mol. The van der Waals surface area contributed by atoms with Crippen LogP contribution in [0.1, 0.15) is 30.9 Å². The van der Waals surface area contributed by atoms with Gasteiger partial charge in [0.15, 0.2) is 5.13 Å². The Bertz CT molecular complexity index is 509. The molecule has 18 heavy (non-hydrogen) atoms. The number of aliphatic carboxylic acids is 1. The average Bonchev–Trinajstić information content (AvgIpc) is 2.96. The molecular weight excluding hydrogens is 252 g/mol. The number of rotatable bonds is 6. The molecule has 0 saturated heterocycles. The first-order valence-corrected chi connectivity index (χ1v) is 6.49. The summed E-state index contributed by atoms with van der Waals surface area (Å²) >= 11 is 1.41. The lowest BCUT2D eigenvalue weighted by molar-refractivity contribution is -0.136. The van der Waals surface area contributed by atoms with Crippen LogP contribution in [0, 0.1) is 0 Å². The van der Waals surface area contributed by atoms with Crippen LogP contribution in [0.2, 0.25) is 0 Å². The Hall–Kier alpha value is -1.89. The third-order valence-electron chi connectivity index (χ3n) is 2.44. The average molecular weight is 266 g/mol. The number of aromatic nitrogens is 3. The fraction of sp³-hybridized carbons (Fsp3) is 0.364. The first-order valence-electron chi connectivity index (χ1n) is 5.61. The van der Waals surface area contributed by atoms with Gasteiger partial charge in [0.2, 0.25) is 0 Å². The molecule has 7 heteroatoms. The number of hydrogen-bond donors (Lipinski definition) is 3. The number of carboxylic acid groups (broad SMARTS) is 1. The second-order valence-corrected chi connectivity index (χ2v) is 4.65. The van der Waals surface area contributed by atoms with Gasteiger partial charge in [-0.15, -0.1) is 11.3 Å². The van der Waals surface area contributed by atoms with E-state index in [0.717, 1.165) is 17.4 Å². The van der Waals surface area contributed by atoms with Crippen molar-refractivity contribution < 1.29 is 9.90 Å². The maximum Gasteiger partial charge on any atom is 0.309 e. The van der Waals surface area contributed by atoms with Crippen molar-refractivity contribution >= 4 is 22.4 Å². The Labute approximate surface area is 108 Å². The predicted molar refractivity (Wildman–Crippen MR) is 68.7 cm³/mol. The number of carboxylic acids is 1. The van der Waals surface area contributed by atoms with Gasteiger partial charge in [-0.05, 0) is 6.42 Å². The highest BCUT2D eigenvalue weighted by Crippen LogP contribution is 2.23. The number of anilines is 1. The van der Waals surface area contributed by atoms with E-state index in [-0.39, 0.29) is 12.5 Å². The van der Waals surface area contributed by atoms with Crippen molar-refractivity contribution in [1.29, 1.82) is 0 Å². The lowest BCUT2D eigenvalue weighted by atomic mass is 10.2. The Morgan fingerprint density at radius 2 is 2.50 bits per heavy atom. The number of hydrogen-bond acceptors (Lipinski definition) is 5. The molecule has 0 aromatic carbocycles. The van der Waals surface area contributed by atoms with E-state index in [9.17, 15) is 4.79 Å². The summed E-state index contributed by atoms with van der Waals surface area (Å²) in [6, 6.07) is 0.0591. The molecule has 6 nitrogen and oxygen atoms in total. The molecule has 0 aliphatic heterocycles. The molecule has 96 valence electrons. The minimum absolute atomic E-state index is 0.0459. The summed E-state index contributed by atoms with van der Waals surface area (Å²) in [5, 5.41) is 14.4. The maximum absolute atomic E-state index is 10.6. The van der Waals surface area contributed by atoms with Gasteiger partial charge in [0, 0.05) is 17.8 Å². The van der Waals surface area contributed by atoms with Crippen molar-refractivity contribution in [3.63, 3.8) is 0 Å². The highest BCUT2D eigenvalue weighted by atomic mass is 32.1. The Balaban J connectivity index is 2.04. The number of aromatic amines is 1. The quantitative estimate of drug-likeness (QED) is 0.744. The van der Waals surface area contributed by atoms with Crippen LogP contribution < -0.4 is 5.32 Å². The van der Waals surface area contributed by atoms with Crippen LogP contribution in [0.3, 0.4) is 0 Å². The zero-order chi connectivity index (χ0) is 13.0. The summed E-state index contributed by atoms with van der Waals surface area (Å²) in [4.78, 5) is 22.1. The molecule has 3 N–H and O–H groups in total. The van der Waals surface area contributed by atoms with Gasteiger partial charge in [-0.1, -0.05) is 6.92 Å². The molecular formula is C11H14N4O2S. The summed E-state index contributed by atoms with van der Waals surface area (Å²) in [5.41, 5.74) is 0.573. The molecule has 2 heterocycles. The molecule has 0 bridgehead atoms. The Morgan fingerprint density at radius 1 is 1.67 bits per heavy atom. The number of H-pyrrole nitrogens is 1. The molecule has 2 aromatic heterocycles. The predicted octanol–water partition coefficient (Wildman–Crippen LogP) is 2.06. The van der Waals surface area contributed by atoms with Gasteiger partial charge in [-0.2, -0.15) is 0 Å². The molecule has 0 saturated carbocycles. The van der Waals surface area contributed by atoms with Gasteiger partial charge < -0.3 is 15.4 Å². The fourth-order valence-corrected chi connectivity index (χ4v) is 2.35. The standard InChI is InChI=1S/C11H14N4O2S/c1-2-8(10-12-3-4-13-10)15-11-14-7(6-18-11)5-9(16)17/h3-4,6,8H,2,5H2,1H3,(H,12,13)(H,14,15)(H,16,17). The maximum atomic E-state index is 10.6. The third-order valence-corrected chi connectivity index (χ3v) is 3.26. The van der Waals surface area contributed by atoms with E-state index in [1.165, 1.54) is 11.3 Å². The molecule has 0 spiro atoms. The van der Waals surface area contributed by atoms with Crippen molar-refractivity contribution in [2.45, 2.75) is 25.8 Å². The molecule has 0 radical (unpaired) electrons. The van der Waals surface area contributed by atoms with E-state index in [2.05, 4.69) is 20.3 Å². The van der Waals surface area contributed by atoms with Crippen LogP contribution in [0.4, 0.5) is 5.13 Å². The molecule has 0 aliphatic rings. The molecule has 2 aromatic rings. The van der Waals surface area contributed by atoms with E-state index in [1.54, 1.807) is 17.8 Å². The van der Waals surface area contributed by atoms with Crippen molar-refractivity contribution in [1.82, 2.24) is 15.0 Å². The first-order chi connectivity index (χ1) is 8.69. The van der Waals surface area contributed by atoms with Crippen LogP contribution in [0.15, 0.2) is 17.8 Å². The Morgan fingerprint density at radius 3 is 3.11 bits per heavy atom. The normalized spacial score (nSPS) is 12.3. The number of nitrogens with one attached hydrogen (secondary N) is 2. The lowest BCUT2D eigenvalue weighted by Gasteiger charge is -2.13. The van der Waals surface area contributed by atoms with E-state index >= 15 is 0 Å². The minimum atomic E-state index is -0.870. The summed E-state index contributed by atoms with van der Waals surface area (Å²) in [6.45, 7) is 2.05. The Kier molecular flexibility index (Phi) is 3.93. The van der Waals surface area contributed by atoms with Crippen LogP contribution in [0.5, 0.6) is 0 Å². The fourth-order valence-electron chi connectivity index (χ4n) is 1.59. The molecule has 1 atom stereocenters. The highest BCUT2D eigenvalue weighted by molar-refractivity contribution is 7.13. The summed E-state index contributed by atoms with van der Waals surface area (Å²) in [6.07, 6.45) is 4.30. The SMILES string of the molecule is CCC(Nc1nc(CC(=O)O)cs1)c1ncc[nH]1. The molecule has 1 unspecified atom stereocenters. The van der Waals surface area contributed by atoms with Crippen molar-refractivity contribution in [3.05, 3.63) is 29.3 Å². The van der Waals surface area contributed by atoms with Gasteiger partial charge in [-0.3, -0.25) is 4.79 Å². The van der Waals surface area contributed by atoms with Crippen LogP contribution in [0.25, 0.3) is 0 Å². The van der Waals surface area contributed by atoms with Gasteiger partial charge in [-0.25, -0.2) is 9.97 Å². The van der Waals surface area contributed by atoms with Gasteiger partial charge in [0.25, 0.3) is 0 Å². The van der Waals surface area contributed by atoms with Crippen molar-refractivity contribution in [2.75, 3.05) is 5.32 Å². The van der Waals surface area contributed by atoms with Crippen LogP contribution in [-0.4, -0.2) is 26.0 Å². The highest BCUT2D eigenvalue weighted by Gasteiger charge is 2.13. The van der Waals surface area contributed by atoms with E-state index in [4.69, 9.17) is 5.11 Å². The summed E-state index contributed by atoms with van der Waals surface area (Å²) < 4.78 is 0. The third kappa shape index (κ3) is 3.07. The first kappa shape index (κ1) is 12.6. The molecule has 0 aliphatic carbocycles. The largest absolute Gasteiger partial charge is 0.481 e. The summed E-state index contributed by atoms with van der Waals surface area (Å²) in [7, 11) is 0. The molecule has 2 rings (SSSR count). The number of thiazole rings is 1. The van der Waals surface area contributed by atoms with Crippen molar-refractivity contribution in [3.8, 4) is 0 Å². The number of nitrogens with zero attached hydrogens (tertiary/aromatic N) is 2. The van der Waals surface area contributed by atoms with Crippen molar-refractivity contribution in [2.24, 2.45) is 0 Å².